The van der Waals surface area contributed by atoms with Gasteiger partial charge in [-0.1, -0.05) is 0 Å². The summed E-state index contributed by atoms with van der Waals surface area (Å²) in [7, 11) is 2.12. The summed E-state index contributed by atoms with van der Waals surface area (Å²) in [6, 6.07) is 3.78. The van der Waals surface area contributed by atoms with Crippen molar-refractivity contribution >= 4 is 5.82 Å². The molecule has 2 N–H and O–H groups in total. The number of ether oxygens (including phenoxy) is 1. The number of piperidine rings is 1. The van der Waals surface area contributed by atoms with Gasteiger partial charge >= 0.3 is 0 Å². The average Bonchev–Trinajstić information content (AvgIpc) is 2.52. The van der Waals surface area contributed by atoms with Crippen LogP contribution in [0.1, 0.15) is 12.8 Å². The van der Waals surface area contributed by atoms with E-state index in [0.717, 1.165) is 37.2 Å². The van der Waals surface area contributed by atoms with E-state index >= 15 is 0 Å². The standard InChI is InChI=1S/C15H19N5O/c1-20-8-4-12(5-9-20)21-15-14(16)18-10-13(19-15)11-2-6-17-7-3-11/h2-3,6-7,10,12H,4-5,8-9H2,1H3,(H2,16,18). The van der Waals surface area contributed by atoms with Crippen LogP contribution in [0.25, 0.3) is 11.3 Å². The number of aromatic nitrogens is 3. The molecule has 2 aromatic rings. The number of pyridine rings is 1. The minimum Gasteiger partial charge on any atom is -0.472 e. The van der Waals surface area contributed by atoms with Gasteiger partial charge < -0.3 is 15.4 Å². The molecule has 1 saturated heterocycles. The van der Waals surface area contributed by atoms with E-state index in [4.69, 9.17) is 10.5 Å². The molecule has 0 aliphatic carbocycles. The number of nitrogen functional groups attached to an aromatic ring is 1. The second kappa shape index (κ2) is 6.05. The highest BCUT2D eigenvalue weighted by atomic mass is 16.5. The summed E-state index contributed by atoms with van der Waals surface area (Å²) in [6.07, 6.45) is 7.24. The van der Waals surface area contributed by atoms with Crippen LogP contribution in [0.5, 0.6) is 5.88 Å². The van der Waals surface area contributed by atoms with Crippen LogP contribution >= 0.6 is 0 Å². The fraction of sp³-hybridized carbons (Fsp3) is 0.400. The molecule has 1 aliphatic rings. The van der Waals surface area contributed by atoms with Crippen molar-refractivity contribution in [2.24, 2.45) is 0 Å². The third kappa shape index (κ3) is 3.28. The van der Waals surface area contributed by atoms with E-state index in [-0.39, 0.29) is 6.10 Å². The maximum atomic E-state index is 5.96. The van der Waals surface area contributed by atoms with Crippen molar-refractivity contribution in [1.82, 2.24) is 19.9 Å². The van der Waals surface area contributed by atoms with E-state index in [1.807, 2.05) is 12.1 Å². The van der Waals surface area contributed by atoms with Gasteiger partial charge in [0.15, 0.2) is 5.82 Å². The molecule has 0 unspecified atom stereocenters. The zero-order chi connectivity index (χ0) is 14.7. The van der Waals surface area contributed by atoms with Crippen LogP contribution < -0.4 is 10.5 Å². The topological polar surface area (TPSA) is 77.2 Å². The molecule has 0 aromatic carbocycles. The Hall–Kier alpha value is -2.21. The first kappa shape index (κ1) is 13.8. The van der Waals surface area contributed by atoms with E-state index in [2.05, 4.69) is 26.9 Å². The maximum absolute atomic E-state index is 5.96. The zero-order valence-corrected chi connectivity index (χ0v) is 12.1. The van der Waals surface area contributed by atoms with Crippen LogP contribution in [0.15, 0.2) is 30.7 Å². The van der Waals surface area contributed by atoms with Crippen molar-refractivity contribution in [1.29, 1.82) is 0 Å². The minimum atomic E-state index is 0.158. The Morgan fingerprint density at radius 2 is 1.95 bits per heavy atom. The van der Waals surface area contributed by atoms with Crippen molar-refractivity contribution in [2.75, 3.05) is 25.9 Å². The highest BCUT2D eigenvalue weighted by molar-refractivity contribution is 5.59. The van der Waals surface area contributed by atoms with Gasteiger partial charge in [-0.15, -0.1) is 0 Å². The summed E-state index contributed by atoms with van der Waals surface area (Å²) in [6.45, 7) is 2.06. The second-order valence-corrected chi connectivity index (χ2v) is 5.30. The average molecular weight is 285 g/mol. The van der Waals surface area contributed by atoms with Crippen molar-refractivity contribution in [2.45, 2.75) is 18.9 Å². The Morgan fingerprint density at radius 3 is 2.67 bits per heavy atom. The van der Waals surface area contributed by atoms with Gasteiger partial charge in [0, 0.05) is 31.0 Å². The fourth-order valence-electron chi connectivity index (χ4n) is 2.39. The van der Waals surface area contributed by atoms with Crippen LogP contribution in [0.3, 0.4) is 0 Å². The largest absolute Gasteiger partial charge is 0.472 e. The van der Waals surface area contributed by atoms with Crippen LogP contribution in [0.2, 0.25) is 0 Å². The second-order valence-electron chi connectivity index (χ2n) is 5.30. The molecule has 0 radical (unpaired) electrons. The van der Waals surface area contributed by atoms with E-state index in [1.54, 1.807) is 18.6 Å². The molecule has 3 heterocycles. The molecule has 1 aliphatic heterocycles. The first-order chi connectivity index (χ1) is 10.2. The predicted octanol–water partition coefficient (Wildman–Crippen LogP) is 1.59. The van der Waals surface area contributed by atoms with Crippen molar-refractivity contribution in [3.63, 3.8) is 0 Å². The van der Waals surface area contributed by atoms with Gasteiger partial charge in [-0.05, 0) is 32.0 Å². The Labute approximate surface area is 124 Å². The lowest BCUT2D eigenvalue weighted by Crippen LogP contribution is -2.36. The fourth-order valence-corrected chi connectivity index (χ4v) is 2.39. The smallest absolute Gasteiger partial charge is 0.258 e. The molecule has 6 heteroatoms. The number of rotatable bonds is 3. The van der Waals surface area contributed by atoms with Crippen molar-refractivity contribution in [3.05, 3.63) is 30.7 Å². The lowest BCUT2D eigenvalue weighted by atomic mass is 10.1. The Bertz CT molecular complexity index is 596. The Kier molecular flexibility index (Phi) is 3.96. The quantitative estimate of drug-likeness (QED) is 0.923. The number of likely N-dealkylation sites (tertiary alicyclic amines) is 1. The maximum Gasteiger partial charge on any atom is 0.258 e. The van der Waals surface area contributed by atoms with Crippen LogP contribution in [-0.4, -0.2) is 46.1 Å². The van der Waals surface area contributed by atoms with E-state index in [9.17, 15) is 0 Å². The SMILES string of the molecule is CN1CCC(Oc2nc(-c3ccncc3)cnc2N)CC1. The van der Waals surface area contributed by atoms with Gasteiger partial charge in [-0.25, -0.2) is 9.97 Å². The number of anilines is 1. The molecular weight excluding hydrogens is 266 g/mol. The Morgan fingerprint density at radius 1 is 1.24 bits per heavy atom. The number of hydrogen-bond donors (Lipinski definition) is 1. The molecule has 0 atom stereocenters. The molecule has 6 nitrogen and oxygen atoms in total. The van der Waals surface area contributed by atoms with Crippen molar-refractivity contribution in [3.8, 4) is 17.1 Å². The lowest BCUT2D eigenvalue weighted by molar-refractivity contribution is 0.110. The summed E-state index contributed by atoms with van der Waals surface area (Å²) >= 11 is 0. The summed E-state index contributed by atoms with van der Waals surface area (Å²) in [4.78, 5) is 15.0. The third-order valence-electron chi connectivity index (χ3n) is 3.69. The molecule has 0 spiro atoms. The molecule has 0 amide bonds. The predicted molar refractivity (Wildman–Crippen MR) is 80.8 cm³/mol. The van der Waals surface area contributed by atoms with Gasteiger partial charge in [0.05, 0.1) is 11.9 Å². The first-order valence-electron chi connectivity index (χ1n) is 7.10. The minimum absolute atomic E-state index is 0.158. The summed E-state index contributed by atoms with van der Waals surface area (Å²) < 4.78 is 5.96. The first-order valence-corrected chi connectivity index (χ1v) is 7.10. The zero-order valence-electron chi connectivity index (χ0n) is 12.1. The highest BCUT2D eigenvalue weighted by Gasteiger charge is 2.20. The van der Waals surface area contributed by atoms with Gasteiger partial charge in [0.2, 0.25) is 0 Å². The molecule has 3 rings (SSSR count). The number of hydrogen-bond acceptors (Lipinski definition) is 6. The van der Waals surface area contributed by atoms with Gasteiger partial charge in [0.1, 0.15) is 6.10 Å². The third-order valence-corrected chi connectivity index (χ3v) is 3.69. The van der Waals surface area contributed by atoms with Crippen LogP contribution in [-0.2, 0) is 0 Å². The van der Waals surface area contributed by atoms with E-state index in [0.29, 0.717) is 11.7 Å². The molecule has 0 bridgehead atoms. The van der Waals surface area contributed by atoms with E-state index in [1.165, 1.54) is 0 Å². The van der Waals surface area contributed by atoms with Crippen molar-refractivity contribution < 1.29 is 4.74 Å². The molecule has 0 saturated carbocycles. The number of nitrogens with two attached hydrogens (primary N) is 1. The molecule has 1 fully saturated rings. The normalized spacial score (nSPS) is 16.8. The Balaban J connectivity index is 1.79. The highest BCUT2D eigenvalue weighted by Crippen LogP contribution is 2.25. The summed E-state index contributed by atoms with van der Waals surface area (Å²) in [5.41, 5.74) is 7.59. The lowest BCUT2D eigenvalue weighted by Gasteiger charge is -2.29. The summed E-state index contributed by atoms with van der Waals surface area (Å²) in [5.74, 6) is 0.769. The van der Waals surface area contributed by atoms with Crippen LogP contribution in [0, 0.1) is 0 Å². The van der Waals surface area contributed by atoms with Gasteiger partial charge in [-0.3, -0.25) is 4.98 Å². The molecule has 110 valence electrons. The molecule has 21 heavy (non-hydrogen) atoms. The monoisotopic (exact) mass is 285 g/mol. The van der Waals surface area contributed by atoms with Crippen LogP contribution in [0.4, 0.5) is 5.82 Å². The van der Waals surface area contributed by atoms with Gasteiger partial charge in [0.25, 0.3) is 5.88 Å². The molecular formula is C15H19N5O. The number of nitrogens with zero attached hydrogens (tertiary/aromatic N) is 4. The summed E-state index contributed by atoms with van der Waals surface area (Å²) in [5, 5.41) is 0. The van der Waals surface area contributed by atoms with E-state index < -0.39 is 0 Å². The van der Waals surface area contributed by atoms with Gasteiger partial charge in [-0.2, -0.15) is 0 Å². The molecule has 2 aromatic heterocycles.